The highest BCUT2D eigenvalue weighted by molar-refractivity contribution is 5.92. The number of carbonyl (C=O) groups excluding carboxylic acids is 1. The fraction of sp³-hybridized carbons (Fsp3) is 0.300. The highest BCUT2D eigenvalue weighted by atomic mass is 16.2. The van der Waals surface area contributed by atoms with Crippen molar-refractivity contribution in [1.29, 1.82) is 0 Å². The second-order valence-electron chi connectivity index (χ2n) is 7.03. The molecule has 0 spiro atoms. The Morgan fingerprint density at radius 2 is 1.90 bits per heavy atom. The van der Waals surface area contributed by atoms with E-state index in [-0.39, 0.29) is 11.5 Å². The first-order chi connectivity index (χ1) is 14.0. The van der Waals surface area contributed by atoms with Gasteiger partial charge in [-0.2, -0.15) is 0 Å². The van der Waals surface area contributed by atoms with Crippen LogP contribution in [0.3, 0.4) is 0 Å². The topological polar surface area (TPSA) is 114 Å². The Balaban J connectivity index is 1.40. The molecule has 1 fully saturated rings. The van der Waals surface area contributed by atoms with Crippen LogP contribution >= 0.6 is 0 Å². The third-order valence-electron chi connectivity index (χ3n) is 5.16. The summed E-state index contributed by atoms with van der Waals surface area (Å²) in [5.41, 5.74) is 2.13. The molecule has 1 amide bonds. The Hall–Kier alpha value is -3.46. The molecule has 4 rings (SSSR count). The first-order valence-corrected chi connectivity index (χ1v) is 9.44. The number of nitrogens with zero attached hydrogens (tertiary/aromatic N) is 3. The highest BCUT2D eigenvalue weighted by Gasteiger charge is 2.18. The third-order valence-corrected chi connectivity index (χ3v) is 5.16. The number of H-pyrrole nitrogens is 2. The molecule has 1 aliphatic rings. The van der Waals surface area contributed by atoms with Crippen molar-refractivity contribution in [2.24, 2.45) is 0 Å². The van der Waals surface area contributed by atoms with Gasteiger partial charge in [-0.25, -0.2) is 9.78 Å². The summed E-state index contributed by atoms with van der Waals surface area (Å²) in [6.45, 7) is 4.20. The largest absolute Gasteiger partial charge is 0.368 e. The first kappa shape index (κ1) is 18.9. The molecule has 1 saturated heterocycles. The Labute approximate surface area is 166 Å². The molecule has 3 heterocycles. The van der Waals surface area contributed by atoms with E-state index in [1.165, 1.54) is 0 Å². The zero-order valence-corrected chi connectivity index (χ0v) is 16.1. The number of anilines is 1. The minimum atomic E-state index is -0.496. The quantitative estimate of drug-likeness (QED) is 0.586. The second kappa shape index (κ2) is 7.88. The number of hydrogen-bond donors (Lipinski definition) is 3. The summed E-state index contributed by atoms with van der Waals surface area (Å²) in [7, 11) is 1.59. The Bertz CT molecular complexity index is 1140. The summed E-state index contributed by atoms with van der Waals surface area (Å²) >= 11 is 0. The monoisotopic (exact) mass is 394 g/mol. The molecule has 0 radical (unpaired) electrons. The van der Waals surface area contributed by atoms with Gasteiger partial charge in [-0.3, -0.25) is 19.5 Å². The standard InChI is InChI=1S/C20H22N6O3/c1-21-19(28)16-5-3-14(11-22-16)26-8-6-25(7-9-26)12-13-2-4-15-17(10-13)23-20(29)24-18(15)27/h2-5,10-11H,6-9,12H2,1H3,(H,21,28)(H2,23,24,27,29). The van der Waals surface area contributed by atoms with Crippen molar-refractivity contribution in [2.45, 2.75) is 6.54 Å². The molecule has 0 aliphatic carbocycles. The summed E-state index contributed by atoms with van der Waals surface area (Å²) in [5, 5.41) is 3.04. The van der Waals surface area contributed by atoms with E-state index in [2.05, 4.69) is 30.1 Å². The summed E-state index contributed by atoms with van der Waals surface area (Å²) in [6.07, 6.45) is 1.73. The lowest BCUT2D eigenvalue weighted by Crippen LogP contribution is -2.46. The van der Waals surface area contributed by atoms with Gasteiger partial charge in [-0.15, -0.1) is 0 Å². The van der Waals surface area contributed by atoms with Crippen LogP contribution in [0.25, 0.3) is 10.9 Å². The zero-order chi connectivity index (χ0) is 20.4. The number of aromatic nitrogens is 3. The molecule has 9 heteroatoms. The molecule has 0 bridgehead atoms. The number of aromatic amines is 2. The lowest BCUT2D eigenvalue weighted by molar-refractivity contribution is 0.0958. The molecular formula is C20H22N6O3. The molecule has 3 aromatic rings. The van der Waals surface area contributed by atoms with Gasteiger partial charge in [-0.1, -0.05) is 6.07 Å². The van der Waals surface area contributed by atoms with Crippen LogP contribution in [0, 0.1) is 0 Å². The van der Waals surface area contributed by atoms with Crippen molar-refractivity contribution in [3.63, 3.8) is 0 Å². The van der Waals surface area contributed by atoms with Crippen molar-refractivity contribution < 1.29 is 4.79 Å². The summed E-state index contributed by atoms with van der Waals surface area (Å²) in [4.78, 5) is 48.7. The average Bonchev–Trinajstić information content (AvgIpc) is 2.73. The average molecular weight is 394 g/mol. The summed E-state index contributed by atoms with van der Waals surface area (Å²) < 4.78 is 0. The van der Waals surface area contributed by atoms with E-state index in [0.717, 1.165) is 44.0 Å². The van der Waals surface area contributed by atoms with Gasteiger partial charge in [-0.05, 0) is 29.8 Å². The van der Waals surface area contributed by atoms with Gasteiger partial charge in [0.1, 0.15) is 5.69 Å². The lowest BCUT2D eigenvalue weighted by Gasteiger charge is -2.36. The van der Waals surface area contributed by atoms with E-state index >= 15 is 0 Å². The smallest absolute Gasteiger partial charge is 0.326 e. The van der Waals surface area contributed by atoms with Gasteiger partial charge in [0.2, 0.25) is 0 Å². The Morgan fingerprint density at radius 3 is 2.59 bits per heavy atom. The van der Waals surface area contributed by atoms with Gasteiger partial charge in [0.15, 0.2) is 0 Å². The highest BCUT2D eigenvalue weighted by Crippen LogP contribution is 2.18. The number of amides is 1. The number of benzene rings is 1. The zero-order valence-electron chi connectivity index (χ0n) is 16.1. The van der Waals surface area contributed by atoms with Crippen molar-refractivity contribution in [3.05, 3.63) is 68.6 Å². The Morgan fingerprint density at radius 1 is 1.10 bits per heavy atom. The Kier molecular flexibility index (Phi) is 5.13. The summed E-state index contributed by atoms with van der Waals surface area (Å²) in [6, 6.07) is 9.18. The second-order valence-corrected chi connectivity index (χ2v) is 7.03. The SMILES string of the molecule is CNC(=O)c1ccc(N2CCN(Cc3ccc4c(=O)[nH]c(=O)[nH]c4c3)CC2)cn1. The fourth-order valence-electron chi connectivity index (χ4n) is 3.57. The summed E-state index contributed by atoms with van der Waals surface area (Å²) in [5.74, 6) is -0.194. The van der Waals surface area contributed by atoms with Crippen LogP contribution in [0.5, 0.6) is 0 Å². The molecule has 0 unspecified atom stereocenters. The first-order valence-electron chi connectivity index (χ1n) is 9.44. The van der Waals surface area contributed by atoms with Crippen molar-refractivity contribution >= 4 is 22.5 Å². The van der Waals surface area contributed by atoms with E-state index in [1.54, 1.807) is 25.4 Å². The van der Waals surface area contributed by atoms with E-state index in [4.69, 9.17) is 0 Å². The van der Waals surface area contributed by atoms with Crippen LogP contribution in [0.15, 0.2) is 46.1 Å². The molecule has 0 atom stereocenters. The van der Waals surface area contributed by atoms with Crippen LogP contribution in [0.2, 0.25) is 0 Å². The number of hydrogen-bond acceptors (Lipinski definition) is 6. The van der Waals surface area contributed by atoms with E-state index in [1.807, 2.05) is 18.2 Å². The van der Waals surface area contributed by atoms with Crippen molar-refractivity contribution in [2.75, 3.05) is 38.1 Å². The van der Waals surface area contributed by atoms with Gasteiger partial charge in [0.05, 0.1) is 22.8 Å². The van der Waals surface area contributed by atoms with Crippen LogP contribution < -0.4 is 21.5 Å². The van der Waals surface area contributed by atoms with Crippen molar-refractivity contribution in [1.82, 2.24) is 25.2 Å². The number of carbonyl (C=O) groups is 1. The maximum Gasteiger partial charge on any atom is 0.326 e. The van der Waals surface area contributed by atoms with Gasteiger partial charge in [0.25, 0.3) is 11.5 Å². The number of rotatable bonds is 4. The van der Waals surface area contributed by atoms with E-state index < -0.39 is 5.69 Å². The molecule has 0 saturated carbocycles. The maximum absolute atomic E-state index is 11.8. The van der Waals surface area contributed by atoms with Crippen LogP contribution in [0.4, 0.5) is 5.69 Å². The number of nitrogens with one attached hydrogen (secondary N) is 3. The van der Waals surface area contributed by atoms with Crippen LogP contribution in [-0.2, 0) is 6.54 Å². The van der Waals surface area contributed by atoms with Crippen LogP contribution in [0.1, 0.15) is 16.1 Å². The number of pyridine rings is 1. The van der Waals surface area contributed by atoms with Gasteiger partial charge < -0.3 is 15.2 Å². The van der Waals surface area contributed by atoms with E-state index in [9.17, 15) is 14.4 Å². The predicted octanol–water partition coefficient (Wildman–Crippen LogP) is 0.293. The van der Waals surface area contributed by atoms with E-state index in [0.29, 0.717) is 16.6 Å². The predicted molar refractivity (Wildman–Crippen MR) is 110 cm³/mol. The van der Waals surface area contributed by atoms with Gasteiger partial charge in [0, 0.05) is 39.8 Å². The number of fused-ring (bicyclic) bond motifs is 1. The molecule has 150 valence electrons. The molecule has 29 heavy (non-hydrogen) atoms. The maximum atomic E-state index is 11.8. The molecule has 3 N–H and O–H groups in total. The number of piperazine rings is 1. The molecule has 9 nitrogen and oxygen atoms in total. The molecular weight excluding hydrogens is 372 g/mol. The normalized spacial score (nSPS) is 14.9. The van der Waals surface area contributed by atoms with Crippen LogP contribution in [-0.4, -0.2) is 59.0 Å². The fourth-order valence-corrected chi connectivity index (χ4v) is 3.57. The lowest BCUT2D eigenvalue weighted by atomic mass is 10.1. The minimum Gasteiger partial charge on any atom is -0.368 e. The molecule has 1 aliphatic heterocycles. The third kappa shape index (κ3) is 4.04. The van der Waals surface area contributed by atoms with Crippen molar-refractivity contribution in [3.8, 4) is 0 Å². The molecule has 2 aromatic heterocycles. The minimum absolute atomic E-state index is 0.194. The molecule has 1 aromatic carbocycles. The van der Waals surface area contributed by atoms with Gasteiger partial charge >= 0.3 is 5.69 Å².